The number of nitrogens with two attached hydrogens (primary N) is 1. The quantitative estimate of drug-likeness (QED) is 0.778. The van der Waals surface area contributed by atoms with Gasteiger partial charge in [-0.25, -0.2) is 0 Å². The second-order valence-electron chi connectivity index (χ2n) is 3.82. The number of hydrogen-bond acceptors (Lipinski definition) is 3. The van der Waals surface area contributed by atoms with Gasteiger partial charge in [0.05, 0.1) is 0 Å². The van der Waals surface area contributed by atoms with Crippen LogP contribution in [0.4, 0.5) is 5.69 Å². The number of carbonyl (C=O) groups is 1. The Morgan fingerprint density at radius 3 is 2.93 bits per heavy atom. The van der Waals surface area contributed by atoms with Gasteiger partial charge in [-0.15, -0.1) is 0 Å². The fourth-order valence-corrected chi connectivity index (χ4v) is 2.06. The van der Waals surface area contributed by atoms with E-state index in [2.05, 4.69) is 4.90 Å². The molecule has 2 N–H and O–H groups in total. The summed E-state index contributed by atoms with van der Waals surface area (Å²) in [7, 11) is 0. The highest BCUT2D eigenvalue weighted by Gasteiger charge is 2.21. The van der Waals surface area contributed by atoms with E-state index >= 15 is 0 Å². The van der Waals surface area contributed by atoms with E-state index in [1.807, 2.05) is 6.07 Å². The van der Waals surface area contributed by atoms with E-state index in [1.165, 1.54) is 0 Å². The molecule has 4 heteroatoms. The van der Waals surface area contributed by atoms with Gasteiger partial charge in [-0.2, -0.15) is 0 Å². The highest BCUT2D eigenvalue weighted by atomic mass is 35.5. The lowest BCUT2D eigenvalue weighted by Gasteiger charge is -2.20. The first-order valence-electron chi connectivity index (χ1n) is 4.96. The zero-order valence-electron chi connectivity index (χ0n) is 8.32. The van der Waals surface area contributed by atoms with E-state index in [4.69, 9.17) is 17.3 Å². The van der Waals surface area contributed by atoms with Crippen LogP contribution in [-0.2, 0) is 0 Å². The summed E-state index contributed by atoms with van der Waals surface area (Å²) in [5.74, 6) is 0. The Bertz CT molecular complexity index is 381. The molecule has 80 valence electrons. The van der Waals surface area contributed by atoms with Crippen molar-refractivity contribution in [1.29, 1.82) is 0 Å². The molecule has 1 aliphatic rings. The largest absolute Gasteiger partial charge is 0.369 e. The Balaban J connectivity index is 2.33. The summed E-state index contributed by atoms with van der Waals surface area (Å²) in [5, 5.41) is 0.649. The molecule has 3 nitrogen and oxygen atoms in total. The van der Waals surface area contributed by atoms with Crippen LogP contribution in [0, 0.1) is 0 Å². The van der Waals surface area contributed by atoms with Gasteiger partial charge in [0.1, 0.15) is 0 Å². The van der Waals surface area contributed by atoms with Crippen LogP contribution in [0.15, 0.2) is 18.2 Å². The Hall–Kier alpha value is -1.06. The predicted molar refractivity (Wildman–Crippen MR) is 61.6 cm³/mol. The average Bonchev–Trinajstić information content (AvgIpc) is 2.65. The molecule has 1 atom stereocenters. The monoisotopic (exact) mass is 224 g/mol. The molecule has 0 bridgehead atoms. The molecule has 0 amide bonds. The molecule has 0 aromatic heterocycles. The molecular formula is C11H13ClN2O. The highest BCUT2D eigenvalue weighted by Crippen LogP contribution is 2.26. The van der Waals surface area contributed by atoms with Crippen molar-refractivity contribution in [3.8, 4) is 0 Å². The molecular weight excluding hydrogens is 212 g/mol. The number of halogens is 1. The third-order valence-corrected chi connectivity index (χ3v) is 2.92. The maximum atomic E-state index is 10.9. The average molecular weight is 225 g/mol. The molecule has 15 heavy (non-hydrogen) atoms. The minimum absolute atomic E-state index is 0.198. The van der Waals surface area contributed by atoms with Crippen LogP contribution in [0.2, 0.25) is 5.02 Å². The van der Waals surface area contributed by atoms with Crippen molar-refractivity contribution in [3.05, 3.63) is 28.8 Å². The van der Waals surface area contributed by atoms with Gasteiger partial charge in [0.25, 0.3) is 0 Å². The summed E-state index contributed by atoms with van der Waals surface area (Å²) in [4.78, 5) is 13.0. The lowest BCUT2D eigenvalue weighted by molar-refractivity contribution is 0.112. The van der Waals surface area contributed by atoms with E-state index in [0.717, 1.165) is 31.5 Å². The molecule has 1 saturated heterocycles. The third-order valence-electron chi connectivity index (χ3n) is 2.68. The van der Waals surface area contributed by atoms with Crippen LogP contribution in [-0.4, -0.2) is 25.4 Å². The summed E-state index contributed by atoms with van der Waals surface area (Å²) in [6, 6.07) is 5.49. The first-order valence-corrected chi connectivity index (χ1v) is 5.34. The van der Waals surface area contributed by atoms with E-state index in [1.54, 1.807) is 12.1 Å². The number of rotatable bonds is 2. The summed E-state index contributed by atoms with van der Waals surface area (Å²) in [6.07, 6.45) is 1.82. The van der Waals surface area contributed by atoms with Crippen molar-refractivity contribution in [1.82, 2.24) is 0 Å². The first-order chi connectivity index (χ1) is 7.20. The van der Waals surface area contributed by atoms with Crippen LogP contribution in [0.1, 0.15) is 16.8 Å². The second-order valence-corrected chi connectivity index (χ2v) is 4.25. The van der Waals surface area contributed by atoms with Gasteiger partial charge >= 0.3 is 0 Å². The van der Waals surface area contributed by atoms with Crippen molar-refractivity contribution in [3.63, 3.8) is 0 Å². The Labute approximate surface area is 93.8 Å². The van der Waals surface area contributed by atoms with Crippen LogP contribution in [0.3, 0.4) is 0 Å². The van der Waals surface area contributed by atoms with Gasteiger partial charge < -0.3 is 10.6 Å². The topological polar surface area (TPSA) is 46.3 Å². The standard InChI is InChI=1S/C11H13ClN2O/c12-9-2-1-8(7-15)11(5-9)14-4-3-10(13)6-14/h1-2,5,7,10H,3-4,6,13H2/t10-/m1/s1. The van der Waals surface area contributed by atoms with Crippen LogP contribution >= 0.6 is 11.6 Å². The molecule has 1 heterocycles. The zero-order chi connectivity index (χ0) is 10.8. The van der Waals surface area contributed by atoms with Crippen molar-refractivity contribution in [2.45, 2.75) is 12.5 Å². The SMILES string of the molecule is N[C@@H]1CCN(c2cc(Cl)ccc2C=O)C1. The number of nitrogens with zero attached hydrogens (tertiary/aromatic N) is 1. The highest BCUT2D eigenvalue weighted by molar-refractivity contribution is 6.31. The predicted octanol–water partition coefficient (Wildman–Crippen LogP) is 1.69. The second kappa shape index (κ2) is 4.21. The normalized spacial score (nSPS) is 20.7. The van der Waals surface area contributed by atoms with E-state index < -0.39 is 0 Å². The van der Waals surface area contributed by atoms with Crippen molar-refractivity contribution in [2.24, 2.45) is 5.73 Å². The fraction of sp³-hybridized carbons (Fsp3) is 0.364. The summed E-state index contributed by atoms with van der Waals surface area (Å²) in [5.41, 5.74) is 7.40. The van der Waals surface area contributed by atoms with Crippen molar-refractivity contribution in [2.75, 3.05) is 18.0 Å². The Morgan fingerprint density at radius 2 is 2.33 bits per heavy atom. The van der Waals surface area contributed by atoms with Crippen molar-refractivity contribution < 1.29 is 4.79 Å². The number of hydrogen-bond donors (Lipinski definition) is 1. The van der Waals surface area contributed by atoms with Gasteiger partial charge in [0.15, 0.2) is 6.29 Å². The molecule has 0 spiro atoms. The Kier molecular flexibility index (Phi) is 2.93. The zero-order valence-corrected chi connectivity index (χ0v) is 9.07. The summed E-state index contributed by atoms with van der Waals surface area (Å²) < 4.78 is 0. The summed E-state index contributed by atoms with van der Waals surface area (Å²) in [6.45, 7) is 1.68. The minimum Gasteiger partial charge on any atom is -0.369 e. The van der Waals surface area contributed by atoms with Gasteiger partial charge in [0.2, 0.25) is 0 Å². The lowest BCUT2D eigenvalue weighted by atomic mass is 10.2. The summed E-state index contributed by atoms with van der Waals surface area (Å²) >= 11 is 5.91. The van der Waals surface area contributed by atoms with Crippen LogP contribution < -0.4 is 10.6 Å². The molecule has 1 aliphatic heterocycles. The Morgan fingerprint density at radius 1 is 1.53 bits per heavy atom. The first kappa shape index (κ1) is 10.5. The fourth-order valence-electron chi connectivity index (χ4n) is 1.90. The van der Waals surface area contributed by atoms with E-state index in [9.17, 15) is 4.79 Å². The smallest absolute Gasteiger partial charge is 0.152 e. The molecule has 1 aromatic carbocycles. The molecule has 2 rings (SSSR count). The third kappa shape index (κ3) is 2.13. The van der Waals surface area contributed by atoms with Crippen LogP contribution in [0.5, 0.6) is 0 Å². The molecule has 1 fully saturated rings. The maximum Gasteiger partial charge on any atom is 0.152 e. The number of anilines is 1. The molecule has 0 radical (unpaired) electrons. The van der Waals surface area contributed by atoms with Gasteiger partial charge in [-0.05, 0) is 24.6 Å². The maximum absolute atomic E-state index is 10.9. The van der Waals surface area contributed by atoms with Gasteiger partial charge in [-0.1, -0.05) is 11.6 Å². The van der Waals surface area contributed by atoms with Gasteiger partial charge in [-0.3, -0.25) is 4.79 Å². The number of carbonyl (C=O) groups excluding carboxylic acids is 1. The molecule has 0 aliphatic carbocycles. The number of benzene rings is 1. The minimum atomic E-state index is 0.198. The van der Waals surface area contributed by atoms with E-state index in [0.29, 0.717) is 10.6 Å². The van der Waals surface area contributed by atoms with Crippen LogP contribution in [0.25, 0.3) is 0 Å². The molecule has 0 saturated carbocycles. The van der Waals surface area contributed by atoms with E-state index in [-0.39, 0.29) is 6.04 Å². The molecule has 1 aromatic rings. The molecule has 0 unspecified atom stereocenters. The van der Waals surface area contributed by atoms with Gasteiger partial charge in [0, 0.05) is 35.4 Å². The lowest BCUT2D eigenvalue weighted by Crippen LogP contribution is -2.26. The van der Waals surface area contributed by atoms with Crippen molar-refractivity contribution >= 4 is 23.6 Å². The number of aldehydes is 1.